The summed E-state index contributed by atoms with van der Waals surface area (Å²) in [5.41, 5.74) is 0.823. The Labute approximate surface area is 108 Å². The molecule has 18 heavy (non-hydrogen) atoms. The van der Waals surface area contributed by atoms with Gasteiger partial charge in [0.2, 0.25) is 0 Å². The highest BCUT2D eigenvalue weighted by Gasteiger charge is 2.28. The van der Waals surface area contributed by atoms with Gasteiger partial charge in [0, 0.05) is 24.3 Å². The van der Waals surface area contributed by atoms with E-state index in [9.17, 15) is 4.79 Å². The van der Waals surface area contributed by atoms with Crippen LogP contribution >= 0.6 is 0 Å². The Morgan fingerprint density at radius 2 is 2.28 bits per heavy atom. The van der Waals surface area contributed by atoms with E-state index in [1.807, 2.05) is 18.3 Å². The normalized spacial score (nSPS) is 28.1. The smallest absolute Gasteiger partial charge is 0.268 e. The Kier molecular flexibility index (Phi) is 3.12. The second kappa shape index (κ2) is 4.76. The van der Waals surface area contributed by atoms with Crippen molar-refractivity contribution < 1.29 is 4.79 Å². The van der Waals surface area contributed by atoms with Gasteiger partial charge in [-0.2, -0.15) is 0 Å². The average Bonchev–Trinajstić information content (AvgIpc) is 3.06. The summed E-state index contributed by atoms with van der Waals surface area (Å²) in [6.07, 6.45) is 6.49. The van der Waals surface area contributed by atoms with Crippen LogP contribution in [-0.4, -0.2) is 29.1 Å². The largest absolute Gasteiger partial charge is 0.348 e. The van der Waals surface area contributed by atoms with E-state index in [1.54, 1.807) is 0 Å². The lowest BCUT2D eigenvalue weighted by atomic mass is 10.0. The van der Waals surface area contributed by atoms with Crippen molar-refractivity contribution in [3.8, 4) is 0 Å². The Bertz CT molecular complexity index is 436. The van der Waals surface area contributed by atoms with E-state index in [-0.39, 0.29) is 5.91 Å². The van der Waals surface area contributed by atoms with Crippen molar-refractivity contribution in [2.24, 2.45) is 0 Å². The zero-order valence-electron chi connectivity index (χ0n) is 10.9. The molecule has 2 N–H and O–H groups in total. The molecule has 98 valence electrons. The molecule has 0 spiro atoms. The number of piperidine rings is 1. The molecule has 0 radical (unpaired) electrons. The van der Waals surface area contributed by atoms with Crippen LogP contribution < -0.4 is 10.6 Å². The molecule has 3 rings (SSSR count). The molecule has 4 heteroatoms. The molecule has 2 atom stereocenters. The van der Waals surface area contributed by atoms with E-state index in [4.69, 9.17) is 0 Å². The van der Waals surface area contributed by atoms with Crippen molar-refractivity contribution in [3.63, 3.8) is 0 Å². The first-order valence-electron chi connectivity index (χ1n) is 6.95. The van der Waals surface area contributed by atoms with Crippen molar-refractivity contribution >= 4 is 5.91 Å². The minimum absolute atomic E-state index is 0.0889. The number of rotatable bonds is 3. The van der Waals surface area contributed by atoms with Crippen LogP contribution in [0.4, 0.5) is 0 Å². The first-order valence-corrected chi connectivity index (χ1v) is 6.95. The molecule has 0 bridgehead atoms. The van der Waals surface area contributed by atoms with Gasteiger partial charge in [-0.25, -0.2) is 0 Å². The molecule has 1 aliphatic carbocycles. The van der Waals surface area contributed by atoms with Crippen LogP contribution in [0.3, 0.4) is 0 Å². The number of carbonyl (C=O) groups is 1. The zero-order chi connectivity index (χ0) is 12.5. The number of aromatic nitrogens is 1. The van der Waals surface area contributed by atoms with E-state index >= 15 is 0 Å². The van der Waals surface area contributed by atoms with Crippen LogP contribution in [-0.2, 0) is 0 Å². The number of nitrogens with one attached hydrogen (secondary N) is 2. The van der Waals surface area contributed by atoms with Crippen LogP contribution in [0.1, 0.15) is 49.1 Å². The highest BCUT2D eigenvalue weighted by Crippen LogP contribution is 2.36. The number of amides is 1. The van der Waals surface area contributed by atoms with Gasteiger partial charge >= 0.3 is 0 Å². The second-order valence-corrected chi connectivity index (χ2v) is 5.58. The molecule has 1 amide bonds. The fourth-order valence-electron chi connectivity index (χ4n) is 2.78. The lowest BCUT2D eigenvalue weighted by molar-refractivity contribution is 0.0916. The fraction of sp³-hybridized carbons (Fsp3) is 0.643. The van der Waals surface area contributed by atoms with E-state index in [2.05, 4.69) is 22.1 Å². The molecule has 1 aromatic rings. The highest BCUT2D eigenvalue weighted by molar-refractivity contribution is 5.93. The standard InChI is InChI=1S/C14H21N3O/c1-10-9-11(6-7-15-10)16-14(18)13-3-2-8-17(13)12-4-5-12/h2-3,8,10-12,15H,4-7,9H2,1H3,(H,16,18). The summed E-state index contributed by atoms with van der Waals surface area (Å²) in [5.74, 6) is 0.0889. The van der Waals surface area contributed by atoms with Crippen LogP contribution in [0.5, 0.6) is 0 Å². The maximum atomic E-state index is 12.3. The van der Waals surface area contributed by atoms with Gasteiger partial charge in [0.05, 0.1) is 0 Å². The third-order valence-electron chi connectivity index (χ3n) is 3.91. The summed E-state index contributed by atoms with van der Waals surface area (Å²) < 4.78 is 2.12. The molecular formula is C14H21N3O. The first-order chi connectivity index (χ1) is 8.74. The third kappa shape index (κ3) is 2.43. The predicted octanol–water partition coefficient (Wildman–Crippen LogP) is 1.69. The van der Waals surface area contributed by atoms with E-state index in [1.165, 1.54) is 12.8 Å². The summed E-state index contributed by atoms with van der Waals surface area (Å²) in [4.78, 5) is 12.3. The maximum absolute atomic E-state index is 12.3. The molecule has 1 saturated heterocycles. The fourth-order valence-corrected chi connectivity index (χ4v) is 2.78. The Hall–Kier alpha value is -1.29. The summed E-state index contributed by atoms with van der Waals surface area (Å²) in [6.45, 7) is 3.17. The third-order valence-corrected chi connectivity index (χ3v) is 3.91. The van der Waals surface area contributed by atoms with Gasteiger partial charge in [-0.3, -0.25) is 4.79 Å². The molecule has 2 fully saturated rings. The van der Waals surface area contributed by atoms with Crippen LogP contribution in [0, 0.1) is 0 Å². The monoisotopic (exact) mass is 247 g/mol. The first kappa shape index (κ1) is 11.8. The van der Waals surface area contributed by atoms with Gasteiger partial charge < -0.3 is 15.2 Å². The molecule has 2 unspecified atom stereocenters. The summed E-state index contributed by atoms with van der Waals surface area (Å²) in [6, 6.07) is 5.28. The van der Waals surface area contributed by atoms with Gasteiger partial charge in [-0.15, -0.1) is 0 Å². The topological polar surface area (TPSA) is 46.1 Å². The van der Waals surface area contributed by atoms with Crippen molar-refractivity contribution in [2.45, 2.75) is 50.7 Å². The van der Waals surface area contributed by atoms with Crippen molar-refractivity contribution in [2.75, 3.05) is 6.54 Å². The summed E-state index contributed by atoms with van der Waals surface area (Å²) in [5, 5.41) is 6.58. The lowest BCUT2D eigenvalue weighted by Crippen LogP contribution is -2.46. The number of hydrogen-bond donors (Lipinski definition) is 2. The van der Waals surface area contributed by atoms with Gasteiger partial charge in [0.25, 0.3) is 5.91 Å². The maximum Gasteiger partial charge on any atom is 0.268 e. The van der Waals surface area contributed by atoms with Crippen LogP contribution in [0.25, 0.3) is 0 Å². The van der Waals surface area contributed by atoms with Gasteiger partial charge in [-0.1, -0.05) is 0 Å². The number of hydrogen-bond acceptors (Lipinski definition) is 2. The molecular weight excluding hydrogens is 226 g/mol. The molecule has 4 nitrogen and oxygen atoms in total. The van der Waals surface area contributed by atoms with Gasteiger partial charge in [0.15, 0.2) is 0 Å². The van der Waals surface area contributed by atoms with E-state index in [0.29, 0.717) is 18.1 Å². The minimum Gasteiger partial charge on any atom is -0.348 e. The van der Waals surface area contributed by atoms with Crippen molar-refractivity contribution in [3.05, 3.63) is 24.0 Å². The molecule has 0 aromatic carbocycles. The SMILES string of the molecule is CC1CC(NC(=O)c2cccn2C2CC2)CCN1. The second-order valence-electron chi connectivity index (χ2n) is 5.58. The zero-order valence-corrected chi connectivity index (χ0v) is 10.9. The molecule has 1 aliphatic heterocycles. The average molecular weight is 247 g/mol. The summed E-state index contributed by atoms with van der Waals surface area (Å²) in [7, 11) is 0. The van der Waals surface area contributed by atoms with E-state index < -0.39 is 0 Å². The van der Waals surface area contributed by atoms with Crippen molar-refractivity contribution in [1.29, 1.82) is 0 Å². The Balaban J connectivity index is 1.65. The lowest BCUT2D eigenvalue weighted by Gasteiger charge is -2.28. The number of nitrogens with zero attached hydrogens (tertiary/aromatic N) is 1. The Morgan fingerprint density at radius 3 is 3.00 bits per heavy atom. The predicted molar refractivity (Wildman–Crippen MR) is 70.7 cm³/mol. The molecule has 1 saturated carbocycles. The van der Waals surface area contributed by atoms with Crippen molar-refractivity contribution in [1.82, 2.24) is 15.2 Å². The highest BCUT2D eigenvalue weighted by atomic mass is 16.2. The minimum atomic E-state index is 0.0889. The van der Waals surface area contributed by atoms with Gasteiger partial charge in [-0.05, 0) is 51.3 Å². The molecule has 2 aliphatic rings. The Morgan fingerprint density at radius 1 is 1.44 bits per heavy atom. The number of carbonyl (C=O) groups excluding carboxylic acids is 1. The quantitative estimate of drug-likeness (QED) is 0.854. The van der Waals surface area contributed by atoms with Crippen LogP contribution in [0.2, 0.25) is 0 Å². The van der Waals surface area contributed by atoms with Gasteiger partial charge in [0.1, 0.15) is 5.69 Å². The molecule has 1 aromatic heterocycles. The molecule has 2 heterocycles. The summed E-state index contributed by atoms with van der Waals surface area (Å²) >= 11 is 0. The van der Waals surface area contributed by atoms with Crippen LogP contribution in [0.15, 0.2) is 18.3 Å². The van der Waals surface area contributed by atoms with E-state index in [0.717, 1.165) is 25.1 Å².